The van der Waals surface area contributed by atoms with Crippen LogP contribution < -0.4 is 10.2 Å². The molecule has 7 nitrogen and oxygen atoms in total. The third kappa shape index (κ3) is 6.14. The van der Waals surface area contributed by atoms with Gasteiger partial charge < -0.3 is 10.2 Å². The predicted octanol–water partition coefficient (Wildman–Crippen LogP) is 3.73. The SMILES string of the molecule is CN(C(=O)CN1CCNCCN(Cc2ccccn2)CC1)c1ccc(-c2nc3ccccc3s2)cc1. The normalized spacial score (nSPS) is 15.8. The maximum Gasteiger partial charge on any atom is 0.240 e. The van der Waals surface area contributed by atoms with Crippen LogP contribution in [0.25, 0.3) is 20.8 Å². The molecular formula is C28H32N6OS. The van der Waals surface area contributed by atoms with Gasteiger partial charge in [0.05, 0.1) is 22.5 Å². The van der Waals surface area contributed by atoms with Crippen LogP contribution in [0.4, 0.5) is 5.69 Å². The van der Waals surface area contributed by atoms with E-state index >= 15 is 0 Å². The summed E-state index contributed by atoms with van der Waals surface area (Å²) in [5.74, 6) is 0.0956. The first-order valence-electron chi connectivity index (χ1n) is 12.4. The van der Waals surface area contributed by atoms with Gasteiger partial charge in [0, 0.05) is 70.3 Å². The Labute approximate surface area is 216 Å². The molecule has 0 radical (unpaired) electrons. The number of nitrogens with zero attached hydrogens (tertiary/aromatic N) is 5. The standard InChI is InChI=1S/C28H32N6OS/c1-32(24-11-9-22(10-12-24)28-31-25-7-2-3-8-26(25)36-28)27(35)21-34-17-15-29-14-16-33(18-19-34)20-23-6-4-5-13-30-23/h2-13,29H,14-21H2,1H3. The Balaban J connectivity index is 1.19. The zero-order chi connectivity index (χ0) is 24.7. The molecule has 0 saturated carbocycles. The van der Waals surface area contributed by atoms with Crippen molar-refractivity contribution in [2.45, 2.75) is 6.54 Å². The van der Waals surface area contributed by atoms with Gasteiger partial charge in [-0.3, -0.25) is 19.6 Å². The highest BCUT2D eigenvalue weighted by molar-refractivity contribution is 7.21. The van der Waals surface area contributed by atoms with Crippen LogP contribution in [0.3, 0.4) is 0 Å². The first-order valence-corrected chi connectivity index (χ1v) is 13.3. The molecule has 0 aliphatic carbocycles. The molecule has 1 aliphatic rings. The number of benzene rings is 2. The number of nitrogens with one attached hydrogen (secondary N) is 1. The van der Waals surface area contributed by atoms with Crippen molar-refractivity contribution in [2.24, 2.45) is 0 Å². The van der Waals surface area contributed by atoms with Crippen molar-refractivity contribution in [3.05, 3.63) is 78.6 Å². The number of aromatic nitrogens is 2. The molecule has 8 heteroatoms. The van der Waals surface area contributed by atoms with E-state index < -0.39 is 0 Å². The molecule has 0 spiro atoms. The van der Waals surface area contributed by atoms with E-state index in [4.69, 9.17) is 4.98 Å². The number of hydrogen-bond donors (Lipinski definition) is 1. The summed E-state index contributed by atoms with van der Waals surface area (Å²) < 4.78 is 1.18. The van der Waals surface area contributed by atoms with Crippen LogP contribution in [-0.2, 0) is 11.3 Å². The molecule has 0 atom stereocenters. The van der Waals surface area contributed by atoms with Gasteiger partial charge in [0.15, 0.2) is 0 Å². The molecule has 3 heterocycles. The smallest absolute Gasteiger partial charge is 0.240 e. The van der Waals surface area contributed by atoms with Crippen molar-refractivity contribution in [3.63, 3.8) is 0 Å². The maximum absolute atomic E-state index is 13.2. The monoisotopic (exact) mass is 500 g/mol. The molecule has 2 aromatic heterocycles. The van der Waals surface area contributed by atoms with E-state index in [1.807, 2.05) is 55.7 Å². The van der Waals surface area contributed by atoms with Gasteiger partial charge in [-0.15, -0.1) is 11.3 Å². The van der Waals surface area contributed by atoms with Gasteiger partial charge in [-0.2, -0.15) is 0 Å². The van der Waals surface area contributed by atoms with Crippen molar-refractivity contribution >= 4 is 33.1 Å². The Hall–Kier alpha value is -3.17. The molecule has 1 N–H and O–H groups in total. The molecule has 5 rings (SSSR count). The van der Waals surface area contributed by atoms with Gasteiger partial charge >= 0.3 is 0 Å². The fraction of sp³-hybridized carbons (Fsp3) is 0.321. The minimum atomic E-state index is 0.0956. The molecule has 0 bridgehead atoms. The zero-order valence-corrected chi connectivity index (χ0v) is 21.5. The first kappa shape index (κ1) is 24.5. The van der Waals surface area contributed by atoms with E-state index in [0.717, 1.165) is 73.3 Å². The van der Waals surface area contributed by atoms with Crippen LogP contribution in [0.15, 0.2) is 72.9 Å². The highest BCUT2D eigenvalue weighted by atomic mass is 32.1. The minimum Gasteiger partial charge on any atom is -0.314 e. The predicted molar refractivity (Wildman–Crippen MR) is 147 cm³/mol. The van der Waals surface area contributed by atoms with Gasteiger partial charge in [0.1, 0.15) is 5.01 Å². The highest BCUT2D eigenvalue weighted by Gasteiger charge is 2.18. The molecule has 1 aliphatic heterocycles. The fourth-order valence-electron chi connectivity index (χ4n) is 4.41. The Bertz CT molecular complexity index is 1240. The number of thiazole rings is 1. The number of likely N-dealkylation sites (N-methyl/N-ethyl adjacent to an activating group) is 1. The number of para-hydroxylation sites is 1. The average molecular weight is 501 g/mol. The number of pyridine rings is 1. The molecule has 0 unspecified atom stereocenters. The largest absolute Gasteiger partial charge is 0.314 e. The second-order valence-corrected chi connectivity index (χ2v) is 10.1. The van der Waals surface area contributed by atoms with E-state index in [2.05, 4.69) is 44.4 Å². The van der Waals surface area contributed by atoms with Gasteiger partial charge in [-0.05, 0) is 48.5 Å². The van der Waals surface area contributed by atoms with Crippen LogP contribution in [0, 0.1) is 0 Å². The van der Waals surface area contributed by atoms with E-state index in [9.17, 15) is 4.79 Å². The van der Waals surface area contributed by atoms with Crippen LogP contribution in [0.5, 0.6) is 0 Å². The molecule has 1 amide bonds. The van der Waals surface area contributed by atoms with E-state index in [1.165, 1.54) is 4.70 Å². The third-order valence-corrected chi connectivity index (χ3v) is 7.67. The van der Waals surface area contributed by atoms with Gasteiger partial charge in [-0.1, -0.05) is 18.2 Å². The number of carbonyl (C=O) groups is 1. The topological polar surface area (TPSA) is 64.6 Å². The molecule has 1 saturated heterocycles. The molecular weight excluding hydrogens is 468 g/mol. The summed E-state index contributed by atoms with van der Waals surface area (Å²) in [5.41, 5.74) is 4.06. The maximum atomic E-state index is 13.2. The van der Waals surface area contributed by atoms with Crippen molar-refractivity contribution < 1.29 is 4.79 Å². The van der Waals surface area contributed by atoms with Crippen LogP contribution in [0.2, 0.25) is 0 Å². The number of amides is 1. The highest BCUT2D eigenvalue weighted by Crippen LogP contribution is 2.31. The summed E-state index contributed by atoms with van der Waals surface area (Å²) in [6, 6.07) is 22.3. The second-order valence-electron chi connectivity index (χ2n) is 9.11. The Morgan fingerprint density at radius 2 is 1.69 bits per heavy atom. The Kier molecular flexibility index (Phi) is 7.98. The van der Waals surface area contributed by atoms with Crippen molar-refractivity contribution in [1.82, 2.24) is 25.1 Å². The average Bonchev–Trinajstić information content (AvgIpc) is 3.38. The molecule has 4 aromatic rings. The van der Waals surface area contributed by atoms with Crippen LogP contribution in [-0.4, -0.2) is 78.5 Å². The zero-order valence-electron chi connectivity index (χ0n) is 20.6. The van der Waals surface area contributed by atoms with E-state index in [1.54, 1.807) is 16.2 Å². The molecule has 1 fully saturated rings. The van der Waals surface area contributed by atoms with Gasteiger partial charge in [-0.25, -0.2) is 4.98 Å². The number of carbonyl (C=O) groups excluding carboxylic acids is 1. The van der Waals surface area contributed by atoms with Crippen LogP contribution in [0.1, 0.15) is 5.69 Å². The summed E-state index contributed by atoms with van der Waals surface area (Å²) in [6.07, 6.45) is 1.84. The van der Waals surface area contributed by atoms with Gasteiger partial charge in [0.2, 0.25) is 5.91 Å². The molecule has 186 valence electrons. The van der Waals surface area contributed by atoms with Crippen LogP contribution >= 0.6 is 11.3 Å². The van der Waals surface area contributed by atoms with E-state index in [-0.39, 0.29) is 5.91 Å². The fourth-order valence-corrected chi connectivity index (χ4v) is 5.38. The quantitative estimate of drug-likeness (QED) is 0.435. The number of rotatable bonds is 6. The Morgan fingerprint density at radius 1 is 0.944 bits per heavy atom. The first-order chi connectivity index (χ1) is 17.7. The third-order valence-electron chi connectivity index (χ3n) is 6.58. The lowest BCUT2D eigenvalue weighted by molar-refractivity contribution is -0.119. The van der Waals surface area contributed by atoms with Gasteiger partial charge in [0.25, 0.3) is 0 Å². The summed E-state index contributed by atoms with van der Waals surface area (Å²) in [5, 5.41) is 4.50. The summed E-state index contributed by atoms with van der Waals surface area (Å²) in [6.45, 7) is 6.63. The molecule has 36 heavy (non-hydrogen) atoms. The minimum absolute atomic E-state index is 0.0956. The molecule has 2 aromatic carbocycles. The Morgan fingerprint density at radius 3 is 2.47 bits per heavy atom. The summed E-state index contributed by atoms with van der Waals surface area (Å²) in [7, 11) is 1.86. The lowest BCUT2D eigenvalue weighted by Gasteiger charge is -2.27. The summed E-state index contributed by atoms with van der Waals surface area (Å²) >= 11 is 1.69. The summed E-state index contributed by atoms with van der Waals surface area (Å²) in [4.78, 5) is 28.8. The van der Waals surface area contributed by atoms with Crippen molar-refractivity contribution in [1.29, 1.82) is 0 Å². The van der Waals surface area contributed by atoms with Crippen molar-refractivity contribution in [2.75, 3.05) is 57.8 Å². The number of hydrogen-bond acceptors (Lipinski definition) is 7. The lowest BCUT2D eigenvalue weighted by Crippen LogP contribution is -2.43. The lowest BCUT2D eigenvalue weighted by atomic mass is 10.2. The number of anilines is 1. The number of fused-ring (bicyclic) bond motifs is 1. The van der Waals surface area contributed by atoms with E-state index in [0.29, 0.717) is 6.54 Å². The van der Waals surface area contributed by atoms with Crippen molar-refractivity contribution in [3.8, 4) is 10.6 Å². The second kappa shape index (κ2) is 11.7.